The summed E-state index contributed by atoms with van der Waals surface area (Å²) in [5.74, 6) is -0.0198. The molecule has 32 heavy (non-hydrogen) atoms. The molecular formula is C23H26N4O4S. The minimum Gasteiger partial charge on any atom is -0.494 e. The van der Waals surface area contributed by atoms with Gasteiger partial charge in [0.15, 0.2) is 6.04 Å². The zero-order valence-electron chi connectivity index (χ0n) is 17.9. The zero-order valence-corrected chi connectivity index (χ0v) is 18.7. The number of aryl methyl sites for hydroxylation is 1. The Hall–Kier alpha value is -3.59. The van der Waals surface area contributed by atoms with Gasteiger partial charge in [0.25, 0.3) is 0 Å². The van der Waals surface area contributed by atoms with E-state index in [0.29, 0.717) is 47.9 Å². The number of thiazole rings is 1. The topological polar surface area (TPSA) is 131 Å². The molecule has 0 aliphatic heterocycles. The molecule has 9 heteroatoms. The molecule has 168 valence electrons. The minimum absolute atomic E-state index is 0.0499. The number of benzene rings is 2. The Bertz CT molecular complexity index is 1080. The van der Waals surface area contributed by atoms with Crippen molar-refractivity contribution in [2.75, 3.05) is 18.5 Å². The molecule has 0 spiro atoms. The van der Waals surface area contributed by atoms with Crippen LogP contribution < -0.4 is 20.5 Å². The molecule has 0 aliphatic carbocycles. The van der Waals surface area contributed by atoms with E-state index in [1.165, 1.54) is 0 Å². The predicted molar refractivity (Wildman–Crippen MR) is 125 cm³/mol. The van der Waals surface area contributed by atoms with Crippen LogP contribution in [0.5, 0.6) is 11.5 Å². The summed E-state index contributed by atoms with van der Waals surface area (Å²) >= 11 is 1.59. The van der Waals surface area contributed by atoms with Crippen LogP contribution in [0.3, 0.4) is 0 Å². The quantitative estimate of drug-likeness (QED) is 0.254. The highest BCUT2D eigenvalue weighted by molar-refractivity contribution is 7.09. The maximum atomic E-state index is 12.1. The lowest BCUT2D eigenvalue weighted by molar-refractivity contribution is -0.138. The monoisotopic (exact) mass is 454 g/mol. The molecule has 0 saturated carbocycles. The number of aliphatic carboxylic acids is 1. The summed E-state index contributed by atoms with van der Waals surface area (Å²) in [5.41, 5.74) is 9.94. The van der Waals surface area contributed by atoms with Crippen molar-refractivity contribution in [3.63, 3.8) is 0 Å². The fourth-order valence-corrected chi connectivity index (χ4v) is 3.88. The summed E-state index contributed by atoms with van der Waals surface area (Å²) in [6, 6.07) is 10.8. The van der Waals surface area contributed by atoms with Crippen LogP contribution in [0.2, 0.25) is 0 Å². The molecule has 8 nitrogen and oxygen atoms in total. The van der Waals surface area contributed by atoms with Gasteiger partial charge in [-0.3, -0.25) is 5.41 Å². The van der Waals surface area contributed by atoms with Crippen molar-refractivity contribution in [1.82, 2.24) is 4.98 Å². The van der Waals surface area contributed by atoms with E-state index in [1.807, 2.05) is 19.4 Å². The minimum atomic E-state index is -1.04. The molecule has 1 aromatic heterocycles. The van der Waals surface area contributed by atoms with Crippen LogP contribution in [-0.4, -0.2) is 35.1 Å². The molecule has 0 aliphatic rings. The number of nitrogens with zero attached hydrogens (tertiary/aromatic N) is 1. The highest BCUT2D eigenvalue weighted by Crippen LogP contribution is 2.29. The van der Waals surface area contributed by atoms with E-state index < -0.39 is 12.0 Å². The number of amidine groups is 1. The lowest BCUT2D eigenvalue weighted by Crippen LogP contribution is -2.21. The number of nitrogen functional groups attached to an aromatic ring is 1. The molecule has 1 heterocycles. The Balaban J connectivity index is 1.80. The van der Waals surface area contributed by atoms with E-state index >= 15 is 0 Å². The van der Waals surface area contributed by atoms with E-state index in [9.17, 15) is 9.90 Å². The molecule has 0 saturated heterocycles. The number of anilines is 1. The second kappa shape index (κ2) is 10.6. The van der Waals surface area contributed by atoms with Crippen LogP contribution in [0.15, 0.2) is 48.0 Å². The van der Waals surface area contributed by atoms with E-state index in [0.717, 1.165) is 10.6 Å². The van der Waals surface area contributed by atoms with Crippen LogP contribution in [-0.2, 0) is 11.2 Å². The number of hydrogen-bond acceptors (Lipinski definition) is 7. The van der Waals surface area contributed by atoms with Gasteiger partial charge in [-0.1, -0.05) is 0 Å². The first-order chi connectivity index (χ1) is 15.4. The second-order valence-corrected chi connectivity index (χ2v) is 7.98. The Labute approximate surface area is 190 Å². The number of nitrogens with two attached hydrogens (primary N) is 1. The van der Waals surface area contributed by atoms with Crippen LogP contribution in [0.1, 0.15) is 34.7 Å². The summed E-state index contributed by atoms with van der Waals surface area (Å²) in [6.45, 7) is 4.71. The number of aromatic nitrogens is 1. The number of carboxylic acids is 1. The highest BCUT2D eigenvalue weighted by Gasteiger charge is 2.22. The molecule has 2 aromatic carbocycles. The van der Waals surface area contributed by atoms with E-state index in [2.05, 4.69) is 10.3 Å². The highest BCUT2D eigenvalue weighted by atomic mass is 32.1. The molecule has 3 rings (SSSR count). The van der Waals surface area contributed by atoms with E-state index in [4.69, 9.17) is 20.6 Å². The lowest BCUT2D eigenvalue weighted by Gasteiger charge is -2.19. The smallest absolute Gasteiger partial charge is 0.330 e. The average molecular weight is 455 g/mol. The molecular weight excluding hydrogens is 428 g/mol. The van der Waals surface area contributed by atoms with Gasteiger partial charge in [0, 0.05) is 28.6 Å². The van der Waals surface area contributed by atoms with Crippen molar-refractivity contribution >= 4 is 28.8 Å². The summed E-state index contributed by atoms with van der Waals surface area (Å²) in [6.07, 6.45) is 0.716. The van der Waals surface area contributed by atoms with Crippen molar-refractivity contribution in [2.24, 2.45) is 5.73 Å². The third kappa shape index (κ3) is 5.98. The van der Waals surface area contributed by atoms with Crippen molar-refractivity contribution < 1.29 is 19.4 Å². The molecule has 0 amide bonds. The van der Waals surface area contributed by atoms with Crippen molar-refractivity contribution in [1.29, 1.82) is 5.41 Å². The molecule has 0 unspecified atom stereocenters. The lowest BCUT2D eigenvalue weighted by atomic mass is 10.1. The van der Waals surface area contributed by atoms with Crippen molar-refractivity contribution in [3.05, 3.63) is 69.7 Å². The number of nitrogens with one attached hydrogen (secondary N) is 2. The third-order valence-corrected chi connectivity index (χ3v) is 5.74. The van der Waals surface area contributed by atoms with Gasteiger partial charge in [-0.15, -0.1) is 11.3 Å². The fourth-order valence-electron chi connectivity index (χ4n) is 3.12. The number of ether oxygens (including phenoxy) is 2. The number of hydrogen-bond donors (Lipinski definition) is 4. The molecule has 1 atom stereocenters. The first-order valence-corrected chi connectivity index (χ1v) is 11.0. The Kier molecular flexibility index (Phi) is 7.67. The summed E-state index contributed by atoms with van der Waals surface area (Å²) in [5, 5.41) is 20.4. The van der Waals surface area contributed by atoms with Gasteiger partial charge in [-0.25, -0.2) is 9.78 Å². The number of rotatable bonds is 11. The third-order valence-electron chi connectivity index (χ3n) is 4.74. The maximum Gasteiger partial charge on any atom is 0.330 e. The van der Waals surface area contributed by atoms with Gasteiger partial charge >= 0.3 is 5.97 Å². The molecule has 0 fully saturated rings. The number of carbonyl (C=O) groups is 1. The van der Waals surface area contributed by atoms with Crippen LogP contribution >= 0.6 is 11.3 Å². The van der Waals surface area contributed by atoms with Gasteiger partial charge in [-0.2, -0.15) is 0 Å². The van der Waals surface area contributed by atoms with Crippen LogP contribution in [0, 0.1) is 12.3 Å². The van der Waals surface area contributed by atoms with Gasteiger partial charge in [0.2, 0.25) is 0 Å². The van der Waals surface area contributed by atoms with Crippen LogP contribution in [0.4, 0.5) is 5.69 Å². The zero-order chi connectivity index (χ0) is 23.1. The molecule has 3 aromatic rings. The van der Waals surface area contributed by atoms with Crippen molar-refractivity contribution in [3.8, 4) is 11.5 Å². The predicted octanol–water partition coefficient (Wildman–Crippen LogP) is 3.99. The SMILES string of the molecule is CCOc1cc(OCCc2scnc2C)cc([C@@H](Nc2ccc(C(=N)N)cc2)C(=O)O)c1. The van der Waals surface area contributed by atoms with E-state index in [1.54, 1.807) is 53.8 Å². The Morgan fingerprint density at radius 1 is 1.22 bits per heavy atom. The number of carboxylic acid groups (broad SMARTS) is 1. The van der Waals surface area contributed by atoms with Gasteiger partial charge in [-0.05, 0) is 55.8 Å². The van der Waals surface area contributed by atoms with Crippen molar-refractivity contribution in [2.45, 2.75) is 26.3 Å². The van der Waals surface area contributed by atoms with E-state index in [-0.39, 0.29) is 5.84 Å². The normalized spacial score (nSPS) is 11.6. The first kappa shape index (κ1) is 23.1. The summed E-state index contributed by atoms with van der Waals surface area (Å²) in [4.78, 5) is 17.5. The van der Waals surface area contributed by atoms with Gasteiger partial charge in [0.1, 0.15) is 17.3 Å². The molecule has 0 radical (unpaired) electrons. The largest absolute Gasteiger partial charge is 0.494 e. The molecule has 5 N–H and O–H groups in total. The fraction of sp³-hybridized carbons (Fsp3) is 0.261. The van der Waals surface area contributed by atoms with Gasteiger partial charge < -0.3 is 25.6 Å². The summed E-state index contributed by atoms with van der Waals surface area (Å²) in [7, 11) is 0. The van der Waals surface area contributed by atoms with Gasteiger partial charge in [0.05, 0.1) is 24.4 Å². The Morgan fingerprint density at radius 2 is 1.91 bits per heavy atom. The van der Waals surface area contributed by atoms with Crippen LogP contribution in [0.25, 0.3) is 0 Å². The standard InChI is InChI=1S/C23H26N4O4S/c1-3-30-18-10-16(11-19(12-18)31-9-8-20-14(2)26-13-32-20)21(23(28)29)27-17-6-4-15(5-7-17)22(24)25/h4-7,10-13,21,27H,3,8-9H2,1-2H3,(H3,24,25)(H,28,29)/t21-/m1/s1. The summed E-state index contributed by atoms with van der Waals surface area (Å²) < 4.78 is 11.6. The average Bonchev–Trinajstić information content (AvgIpc) is 3.17. The second-order valence-electron chi connectivity index (χ2n) is 7.04. The Morgan fingerprint density at radius 3 is 2.47 bits per heavy atom. The first-order valence-electron chi connectivity index (χ1n) is 10.1. The maximum absolute atomic E-state index is 12.1. The molecule has 0 bridgehead atoms.